The predicted octanol–water partition coefficient (Wildman–Crippen LogP) is 5.85. The second kappa shape index (κ2) is 7.65. The molecule has 1 aromatic rings. The summed E-state index contributed by atoms with van der Waals surface area (Å²) in [5.41, 5.74) is 2.75. The molecule has 0 saturated heterocycles. The Morgan fingerprint density at radius 1 is 1.09 bits per heavy atom. The minimum atomic E-state index is -1.90. The molecule has 124 valence electrons. The van der Waals surface area contributed by atoms with E-state index < -0.39 is 8.07 Å². The molecule has 0 radical (unpaired) electrons. The standard InChI is InChI=1S/C18H29ClO2Si/c1-12(2)22(13(3)4,14(5)6)17(11-18(19)21)15-8-7-9-16(20)10-15/h7-10,12-14,17,20H,11H2,1-6H3. The number of phenolic OH excluding ortho intramolecular Hbond substituents is 1. The molecule has 0 aromatic heterocycles. The monoisotopic (exact) mass is 340 g/mol. The van der Waals surface area contributed by atoms with Gasteiger partial charge in [-0.15, -0.1) is 0 Å². The first kappa shape index (κ1) is 19.2. The molecule has 0 bridgehead atoms. The Morgan fingerprint density at radius 3 is 1.95 bits per heavy atom. The summed E-state index contributed by atoms with van der Waals surface area (Å²) in [5.74, 6) is 0.253. The molecule has 0 amide bonds. The van der Waals surface area contributed by atoms with Crippen molar-refractivity contribution < 1.29 is 9.90 Å². The molecule has 0 aliphatic carbocycles. The van der Waals surface area contributed by atoms with E-state index in [9.17, 15) is 9.90 Å². The third-order valence-corrected chi connectivity index (χ3v) is 13.1. The zero-order chi connectivity index (χ0) is 17.1. The van der Waals surface area contributed by atoms with Gasteiger partial charge in [-0.1, -0.05) is 70.3 Å². The lowest BCUT2D eigenvalue weighted by Gasteiger charge is -2.49. The van der Waals surface area contributed by atoms with E-state index in [2.05, 4.69) is 41.5 Å². The second-order valence-electron chi connectivity index (χ2n) is 7.17. The van der Waals surface area contributed by atoms with Crippen LogP contribution >= 0.6 is 11.6 Å². The molecule has 0 aliphatic rings. The van der Waals surface area contributed by atoms with Gasteiger partial charge in [-0.05, 0) is 34.8 Å². The molecule has 1 aromatic carbocycles. The SMILES string of the molecule is CC(C)[Si](C(C)C)(C(C)C)C(CC(=O)Cl)c1cccc(O)c1. The lowest BCUT2D eigenvalue weighted by Crippen LogP contribution is -2.51. The van der Waals surface area contributed by atoms with Gasteiger partial charge >= 0.3 is 0 Å². The van der Waals surface area contributed by atoms with Crippen molar-refractivity contribution in [3.63, 3.8) is 0 Å². The van der Waals surface area contributed by atoms with Crippen LogP contribution in [0.2, 0.25) is 16.6 Å². The lowest BCUT2D eigenvalue weighted by molar-refractivity contribution is -0.111. The van der Waals surface area contributed by atoms with Gasteiger partial charge in [0.15, 0.2) is 0 Å². The van der Waals surface area contributed by atoms with Crippen LogP contribution < -0.4 is 0 Å². The van der Waals surface area contributed by atoms with Gasteiger partial charge in [0.25, 0.3) is 0 Å². The van der Waals surface area contributed by atoms with Crippen LogP contribution in [0.5, 0.6) is 5.75 Å². The van der Waals surface area contributed by atoms with E-state index in [1.165, 1.54) is 0 Å². The third kappa shape index (κ3) is 3.75. The molecule has 2 nitrogen and oxygen atoms in total. The van der Waals surface area contributed by atoms with Crippen molar-refractivity contribution in [3.8, 4) is 5.75 Å². The topological polar surface area (TPSA) is 37.3 Å². The van der Waals surface area contributed by atoms with E-state index in [1.54, 1.807) is 12.1 Å². The molecule has 0 aliphatic heterocycles. The summed E-state index contributed by atoms with van der Waals surface area (Å²) in [4.78, 5) is 11.8. The van der Waals surface area contributed by atoms with Crippen LogP contribution in [0.4, 0.5) is 0 Å². The Morgan fingerprint density at radius 2 is 1.59 bits per heavy atom. The molecular formula is C18H29ClO2Si. The number of carbonyl (C=O) groups is 1. The number of rotatable bonds is 7. The zero-order valence-electron chi connectivity index (χ0n) is 14.6. The summed E-state index contributed by atoms with van der Waals surface area (Å²) in [6.07, 6.45) is 0.353. The minimum absolute atomic E-state index is 0.129. The van der Waals surface area contributed by atoms with Crippen LogP contribution in [0.3, 0.4) is 0 Å². The fourth-order valence-electron chi connectivity index (χ4n) is 4.69. The van der Waals surface area contributed by atoms with Crippen LogP contribution in [0.15, 0.2) is 24.3 Å². The Bertz CT molecular complexity index is 490. The highest BCUT2D eigenvalue weighted by Crippen LogP contribution is 2.52. The Hall–Kier alpha value is -0.803. The van der Waals surface area contributed by atoms with Gasteiger partial charge in [0, 0.05) is 6.42 Å². The fraction of sp³-hybridized carbons (Fsp3) is 0.611. The van der Waals surface area contributed by atoms with Gasteiger partial charge in [-0.3, -0.25) is 4.79 Å². The van der Waals surface area contributed by atoms with Gasteiger partial charge in [0.1, 0.15) is 5.75 Å². The summed E-state index contributed by atoms with van der Waals surface area (Å²) in [6.45, 7) is 13.7. The van der Waals surface area contributed by atoms with Gasteiger partial charge in [-0.25, -0.2) is 0 Å². The molecule has 1 unspecified atom stereocenters. The Labute approximate surface area is 140 Å². The maximum atomic E-state index is 11.8. The number of hydrogen-bond acceptors (Lipinski definition) is 2. The van der Waals surface area contributed by atoms with Gasteiger partial charge in [-0.2, -0.15) is 0 Å². The molecule has 1 atom stereocenters. The van der Waals surface area contributed by atoms with Crippen LogP contribution in [0.1, 0.15) is 59.1 Å². The molecular weight excluding hydrogens is 312 g/mol. The quantitative estimate of drug-likeness (QED) is 0.499. The van der Waals surface area contributed by atoms with Crippen molar-refractivity contribution in [2.24, 2.45) is 0 Å². The number of benzene rings is 1. The van der Waals surface area contributed by atoms with Crippen LogP contribution in [0.25, 0.3) is 0 Å². The first-order chi connectivity index (χ1) is 10.1. The number of hydrogen-bond donors (Lipinski definition) is 1. The lowest BCUT2D eigenvalue weighted by atomic mass is 10.1. The highest BCUT2D eigenvalue weighted by Gasteiger charge is 2.49. The summed E-state index contributed by atoms with van der Waals surface area (Å²) in [7, 11) is -1.90. The van der Waals surface area contributed by atoms with Crippen molar-refractivity contribution in [1.29, 1.82) is 0 Å². The van der Waals surface area contributed by atoms with E-state index in [-0.39, 0.29) is 16.5 Å². The third-order valence-electron chi connectivity index (χ3n) is 5.24. The zero-order valence-corrected chi connectivity index (χ0v) is 16.3. The normalized spacial score (nSPS) is 13.9. The highest BCUT2D eigenvalue weighted by molar-refractivity contribution is 6.85. The van der Waals surface area contributed by atoms with Crippen molar-refractivity contribution in [1.82, 2.24) is 0 Å². The second-order valence-corrected chi connectivity index (χ2v) is 13.8. The van der Waals surface area contributed by atoms with Crippen LogP contribution in [-0.4, -0.2) is 18.4 Å². The van der Waals surface area contributed by atoms with Gasteiger partial charge in [0.05, 0.1) is 8.07 Å². The highest BCUT2D eigenvalue weighted by atomic mass is 35.5. The average Bonchev–Trinajstić information content (AvgIpc) is 2.36. The van der Waals surface area contributed by atoms with Crippen molar-refractivity contribution in [2.45, 2.75) is 70.1 Å². The predicted molar refractivity (Wildman–Crippen MR) is 97.4 cm³/mol. The molecule has 4 heteroatoms. The van der Waals surface area contributed by atoms with E-state index >= 15 is 0 Å². The maximum Gasteiger partial charge on any atom is 0.221 e. The fourth-order valence-corrected chi connectivity index (χ4v) is 12.7. The molecule has 1 rings (SSSR count). The smallest absolute Gasteiger partial charge is 0.221 e. The van der Waals surface area contributed by atoms with E-state index in [0.29, 0.717) is 23.0 Å². The van der Waals surface area contributed by atoms with Crippen LogP contribution in [0, 0.1) is 0 Å². The summed E-state index contributed by atoms with van der Waals surface area (Å²) in [5, 5.41) is 9.59. The minimum Gasteiger partial charge on any atom is -0.508 e. The van der Waals surface area contributed by atoms with Crippen LogP contribution in [-0.2, 0) is 4.79 Å². The number of carbonyl (C=O) groups excluding carboxylic acids is 1. The largest absolute Gasteiger partial charge is 0.508 e. The molecule has 22 heavy (non-hydrogen) atoms. The average molecular weight is 341 g/mol. The Balaban J connectivity index is 3.54. The first-order valence-corrected chi connectivity index (χ1v) is 10.8. The number of halogens is 1. The van der Waals surface area contributed by atoms with E-state index in [1.807, 2.05) is 12.1 Å². The molecule has 0 fully saturated rings. The maximum absolute atomic E-state index is 11.8. The van der Waals surface area contributed by atoms with E-state index in [0.717, 1.165) is 5.56 Å². The van der Waals surface area contributed by atoms with Crippen molar-refractivity contribution in [2.75, 3.05) is 0 Å². The molecule has 1 N–H and O–H groups in total. The van der Waals surface area contributed by atoms with E-state index in [4.69, 9.17) is 11.6 Å². The Kier molecular flexibility index (Phi) is 6.69. The summed E-state index contributed by atoms with van der Waals surface area (Å²) in [6, 6.07) is 7.36. The summed E-state index contributed by atoms with van der Waals surface area (Å²) < 4.78 is 0. The number of phenols is 1. The van der Waals surface area contributed by atoms with Crippen molar-refractivity contribution in [3.05, 3.63) is 29.8 Å². The van der Waals surface area contributed by atoms with Gasteiger partial charge < -0.3 is 5.11 Å². The molecule has 0 spiro atoms. The molecule has 0 saturated carbocycles. The van der Waals surface area contributed by atoms with Crippen molar-refractivity contribution >= 4 is 24.9 Å². The number of aromatic hydroxyl groups is 1. The van der Waals surface area contributed by atoms with Gasteiger partial charge in [0.2, 0.25) is 5.24 Å². The summed E-state index contributed by atoms with van der Waals surface area (Å²) >= 11 is 5.80. The molecule has 0 heterocycles. The first-order valence-electron chi connectivity index (χ1n) is 8.11.